The molecule has 7 nitrogen and oxygen atoms in total. The van der Waals surface area contributed by atoms with Gasteiger partial charge in [0.2, 0.25) is 5.91 Å². The quantitative estimate of drug-likeness (QED) is 0.681. The van der Waals surface area contributed by atoms with Gasteiger partial charge in [-0.1, -0.05) is 57.2 Å². The third-order valence-electron chi connectivity index (χ3n) is 7.03. The van der Waals surface area contributed by atoms with E-state index in [1.807, 2.05) is 48.5 Å². The third kappa shape index (κ3) is 4.77. The van der Waals surface area contributed by atoms with Crippen molar-refractivity contribution in [2.45, 2.75) is 58.0 Å². The Balaban J connectivity index is 1.46. The van der Waals surface area contributed by atoms with E-state index in [4.69, 9.17) is 0 Å². The molecule has 4 amide bonds. The summed E-state index contributed by atoms with van der Waals surface area (Å²) in [5.41, 5.74) is 0.855. The smallest absolute Gasteiger partial charge is 0.325 e. The van der Waals surface area contributed by atoms with Crippen LogP contribution in [0.2, 0.25) is 0 Å². The normalized spacial score (nSPS) is 24.0. The summed E-state index contributed by atoms with van der Waals surface area (Å²) in [4.78, 5) is 44.4. The lowest BCUT2D eigenvalue weighted by Gasteiger charge is -2.40. The Morgan fingerprint density at radius 1 is 1.12 bits per heavy atom. The topological polar surface area (TPSA) is 91.4 Å². The summed E-state index contributed by atoms with van der Waals surface area (Å²) in [5, 5.41) is 5.87. The van der Waals surface area contributed by atoms with Crippen LogP contribution < -0.4 is 10.6 Å². The highest BCUT2D eigenvalue weighted by Crippen LogP contribution is 2.43. The fraction of sp³-hybridized carbons (Fsp3) is 0.462. The maximum atomic E-state index is 13.3. The SMILES string of the molecule is CC(C)(C)C1CCC2(CC1)NC(=O)N(CC(=O)NC(c1ccccc1)c1ccccn1)C2=O. The summed E-state index contributed by atoms with van der Waals surface area (Å²) in [6.45, 7) is 6.33. The standard InChI is InChI=1S/C26H32N4O3/c1-25(2,3)19-12-14-26(15-13-19)23(32)30(24(33)29-26)17-21(31)28-22(18-9-5-4-6-10-18)20-11-7-8-16-27-20/h4-11,16,19,22H,12-15,17H2,1-3H3,(H,28,31)(H,29,33). The number of amides is 4. The molecule has 2 N–H and O–H groups in total. The van der Waals surface area contributed by atoms with Crippen molar-refractivity contribution in [3.05, 3.63) is 66.0 Å². The van der Waals surface area contributed by atoms with Crippen LogP contribution in [0.3, 0.4) is 0 Å². The Morgan fingerprint density at radius 3 is 2.39 bits per heavy atom. The summed E-state index contributed by atoms with van der Waals surface area (Å²) >= 11 is 0. The van der Waals surface area contributed by atoms with E-state index in [0.29, 0.717) is 24.5 Å². The van der Waals surface area contributed by atoms with E-state index in [-0.39, 0.29) is 17.9 Å². The first kappa shape index (κ1) is 23.0. The Kier molecular flexibility index (Phi) is 6.23. The zero-order valence-electron chi connectivity index (χ0n) is 19.5. The van der Waals surface area contributed by atoms with E-state index in [1.165, 1.54) is 0 Å². The van der Waals surface area contributed by atoms with Crippen LogP contribution in [0, 0.1) is 11.3 Å². The van der Waals surface area contributed by atoms with Gasteiger partial charge < -0.3 is 10.6 Å². The molecule has 174 valence electrons. The highest BCUT2D eigenvalue weighted by molar-refractivity contribution is 6.09. The molecule has 2 fully saturated rings. The number of carbonyl (C=O) groups excluding carboxylic acids is 3. The average molecular weight is 449 g/mol. The van der Waals surface area contributed by atoms with E-state index in [9.17, 15) is 14.4 Å². The van der Waals surface area contributed by atoms with Crippen molar-refractivity contribution in [3.8, 4) is 0 Å². The monoisotopic (exact) mass is 448 g/mol. The van der Waals surface area contributed by atoms with Gasteiger partial charge >= 0.3 is 6.03 Å². The van der Waals surface area contributed by atoms with Gasteiger partial charge in [-0.25, -0.2) is 4.79 Å². The van der Waals surface area contributed by atoms with Crippen LogP contribution in [0.4, 0.5) is 4.79 Å². The van der Waals surface area contributed by atoms with Crippen molar-refractivity contribution in [2.24, 2.45) is 11.3 Å². The number of rotatable bonds is 5. The van der Waals surface area contributed by atoms with Gasteiger partial charge in [0.1, 0.15) is 12.1 Å². The van der Waals surface area contributed by atoms with Gasteiger partial charge in [-0.05, 0) is 54.7 Å². The van der Waals surface area contributed by atoms with Crippen molar-refractivity contribution in [1.29, 1.82) is 0 Å². The Bertz CT molecular complexity index is 969. The number of aromatic nitrogens is 1. The van der Waals surface area contributed by atoms with Crippen LogP contribution in [0.1, 0.15) is 63.8 Å². The molecule has 1 saturated carbocycles. The van der Waals surface area contributed by atoms with Gasteiger partial charge in [-0.15, -0.1) is 0 Å². The first-order valence-corrected chi connectivity index (χ1v) is 11.6. The lowest BCUT2D eigenvalue weighted by atomic mass is 9.67. The van der Waals surface area contributed by atoms with Crippen LogP contribution in [0.15, 0.2) is 54.7 Å². The molecule has 1 spiro atoms. The molecule has 1 atom stereocenters. The van der Waals surface area contributed by atoms with Crippen molar-refractivity contribution < 1.29 is 14.4 Å². The van der Waals surface area contributed by atoms with Gasteiger partial charge in [0.05, 0.1) is 11.7 Å². The van der Waals surface area contributed by atoms with Crippen LogP contribution in [-0.2, 0) is 9.59 Å². The summed E-state index contributed by atoms with van der Waals surface area (Å²) in [6, 6.07) is 14.1. The van der Waals surface area contributed by atoms with Gasteiger partial charge in [0.15, 0.2) is 0 Å². The van der Waals surface area contributed by atoms with Gasteiger partial charge in [0, 0.05) is 6.20 Å². The van der Waals surface area contributed by atoms with Gasteiger partial charge in [-0.3, -0.25) is 19.5 Å². The maximum Gasteiger partial charge on any atom is 0.325 e. The van der Waals surface area contributed by atoms with Crippen molar-refractivity contribution in [1.82, 2.24) is 20.5 Å². The summed E-state index contributed by atoms with van der Waals surface area (Å²) < 4.78 is 0. The zero-order chi connectivity index (χ0) is 23.6. The number of nitrogens with one attached hydrogen (secondary N) is 2. The molecule has 2 aliphatic rings. The van der Waals surface area contributed by atoms with Crippen LogP contribution in [0.5, 0.6) is 0 Å². The van der Waals surface area contributed by atoms with Crippen LogP contribution >= 0.6 is 0 Å². The molecule has 0 bridgehead atoms. The third-order valence-corrected chi connectivity index (χ3v) is 7.03. The summed E-state index contributed by atoms with van der Waals surface area (Å²) in [5.74, 6) is -0.183. The second-order valence-electron chi connectivity index (χ2n) is 10.2. The number of nitrogens with zero attached hydrogens (tertiary/aromatic N) is 2. The molecular formula is C26H32N4O3. The number of hydrogen-bond acceptors (Lipinski definition) is 4. The molecule has 1 aromatic heterocycles. The van der Waals surface area contributed by atoms with E-state index in [2.05, 4.69) is 36.4 Å². The first-order valence-electron chi connectivity index (χ1n) is 11.6. The predicted molar refractivity (Wildman–Crippen MR) is 125 cm³/mol. The van der Waals surface area contributed by atoms with E-state index in [1.54, 1.807) is 6.20 Å². The zero-order valence-corrected chi connectivity index (χ0v) is 19.5. The molecule has 33 heavy (non-hydrogen) atoms. The van der Waals surface area contributed by atoms with E-state index in [0.717, 1.165) is 23.3 Å². The number of imide groups is 1. The molecule has 7 heteroatoms. The van der Waals surface area contributed by atoms with Crippen molar-refractivity contribution in [2.75, 3.05) is 6.54 Å². The fourth-order valence-corrected chi connectivity index (χ4v) is 5.01. The Labute approximate surface area is 195 Å². The lowest BCUT2D eigenvalue weighted by Crippen LogP contribution is -2.51. The summed E-state index contributed by atoms with van der Waals surface area (Å²) in [6.07, 6.45) is 4.65. The van der Waals surface area contributed by atoms with Crippen LogP contribution in [-0.4, -0.2) is 39.8 Å². The summed E-state index contributed by atoms with van der Waals surface area (Å²) in [7, 11) is 0. The largest absolute Gasteiger partial charge is 0.342 e. The minimum atomic E-state index is -0.876. The average Bonchev–Trinajstić information content (AvgIpc) is 3.02. The molecule has 2 aromatic rings. The molecule has 4 rings (SSSR count). The number of benzene rings is 1. The maximum absolute atomic E-state index is 13.3. The first-order chi connectivity index (χ1) is 15.7. The van der Waals surface area contributed by atoms with Crippen molar-refractivity contribution >= 4 is 17.8 Å². The van der Waals surface area contributed by atoms with Crippen molar-refractivity contribution in [3.63, 3.8) is 0 Å². The minimum absolute atomic E-state index is 0.171. The van der Waals surface area contributed by atoms with E-state index >= 15 is 0 Å². The van der Waals surface area contributed by atoms with Crippen LogP contribution in [0.25, 0.3) is 0 Å². The fourth-order valence-electron chi connectivity index (χ4n) is 5.01. The molecule has 1 aromatic carbocycles. The Hall–Kier alpha value is -3.22. The highest BCUT2D eigenvalue weighted by atomic mass is 16.2. The molecule has 1 saturated heterocycles. The second-order valence-corrected chi connectivity index (χ2v) is 10.2. The molecular weight excluding hydrogens is 416 g/mol. The highest BCUT2D eigenvalue weighted by Gasteiger charge is 2.53. The molecule has 1 aliphatic carbocycles. The molecule has 1 unspecified atom stereocenters. The molecule has 2 heterocycles. The molecule has 1 aliphatic heterocycles. The van der Waals surface area contributed by atoms with Gasteiger partial charge in [-0.2, -0.15) is 0 Å². The second kappa shape index (κ2) is 8.96. The Morgan fingerprint density at radius 2 is 1.79 bits per heavy atom. The minimum Gasteiger partial charge on any atom is -0.342 e. The number of carbonyl (C=O) groups is 3. The molecule has 0 radical (unpaired) electrons. The van der Waals surface area contributed by atoms with Gasteiger partial charge in [0.25, 0.3) is 5.91 Å². The lowest BCUT2D eigenvalue weighted by molar-refractivity contribution is -0.136. The van der Waals surface area contributed by atoms with E-state index < -0.39 is 23.5 Å². The number of pyridine rings is 1. The number of hydrogen-bond donors (Lipinski definition) is 2. The number of urea groups is 1. The predicted octanol–water partition coefficient (Wildman–Crippen LogP) is 3.81.